The van der Waals surface area contributed by atoms with Gasteiger partial charge in [0.05, 0.1) is 0 Å². The second-order valence-electron chi connectivity index (χ2n) is 0.346. The molecule has 0 heterocycles. The van der Waals surface area contributed by atoms with E-state index in [0.29, 0.717) is 0 Å². The summed E-state index contributed by atoms with van der Waals surface area (Å²) in [6.07, 6.45) is 0. The summed E-state index contributed by atoms with van der Waals surface area (Å²) >= 11 is 0. The second-order valence-corrected chi connectivity index (χ2v) is 0.346. The normalized spacial score (nSPS) is 1.80. The molecule has 0 bridgehead atoms. The minimum absolute atomic E-state index is 0. The number of rotatable bonds is 0. The van der Waals surface area contributed by atoms with Crippen LogP contribution in [0.2, 0.25) is 0 Å². The molecule has 0 aliphatic carbocycles. The number of hydrogen-bond donors (Lipinski definition) is 3. The first-order valence-electron chi connectivity index (χ1n) is 0.775. The van der Waals surface area contributed by atoms with Gasteiger partial charge in [-0.2, -0.15) is 0 Å². The summed E-state index contributed by atoms with van der Waals surface area (Å²) in [5.41, 5.74) is 0. The molecule has 0 atom stereocenters. The van der Waals surface area contributed by atoms with Crippen LogP contribution in [-0.4, -0.2) is 123 Å². The molecule has 0 amide bonds. The molecular weight excluding hydrogens is 306 g/mol. The summed E-state index contributed by atoms with van der Waals surface area (Å²) in [6, 6.07) is 0. The van der Waals surface area contributed by atoms with Gasteiger partial charge in [0.1, 0.15) is 0 Å². The Balaban J connectivity index is -0.000000000818. The van der Waals surface area contributed by atoms with Crippen molar-refractivity contribution in [3.8, 4) is 0 Å². The van der Waals surface area contributed by atoms with Crippen LogP contribution in [-0.2, 0) is 0 Å². The van der Waals surface area contributed by atoms with Crippen molar-refractivity contribution < 1.29 is 69.8 Å². The standard InChI is InChI=1S/BH3O3.10H2O.Sr.2H/c2-1(3)4;;;;;;;;;;;;;/h2-4H;10*1H2;;;. The van der Waals surface area contributed by atoms with Crippen LogP contribution in [0.1, 0.15) is 0 Å². The van der Waals surface area contributed by atoms with Gasteiger partial charge in [-0.3, -0.25) is 0 Å². The van der Waals surface area contributed by atoms with Crippen LogP contribution in [0, 0.1) is 0 Å². The van der Waals surface area contributed by atoms with E-state index in [4.69, 9.17) is 15.1 Å². The topological polar surface area (TPSA) is 376 Å². The molecule has 23 N–H and O–H groups in total. The van der Waals surface area contributed by atoms with E-state index >= 15 is 0 Å². The molecule has 13 nitrogen and oxygen atoms in total. The summed E-state index contributed by atoms with van der Waals surface area (Å²) in [7, 11) is -2.17. The van der Waals surface area contributed by atoms with Crippen LogP contribution in [0.5, 0.6) is 0 Å². The van der Waals surface area contributed by atoms with E-state index in [-0.39, 0.29) is 100 Å². The molecule has 0 saturated heterocycles. The molecule has 108 valence electrons. The first-order valence-corrected chi connectivity index (χ1v) is 0.775. The first-order chi connectivity index (χ1) is 1.73. The Bertz CT molecular complexity index is 15.3. The molecule has 0 radical (unpaired) electrons. The SMILES string of the molecule is O.O.O.O.O.O.O.O.O.O.OB(O)O.[SrH2]. The molecule has 0 unspecified atom stereocenters. The molecule has 0 aliphatic rings. The van der Waals surface area contributed by atoms with Gasteiger partial charge >= 0.3 is 52.8 Å². The summed E-state index contributed by atoms with van der Waals surface area (Å²) < 4.78 is 0. The van der Waals surface area contributed by atoms with Crippen molar-refractivity contribution in [3.05, 3.63) is 0 Å². The van der Waals surface area contributed by atoms with Crippen molar-refractivity contribution in [2.45, 2.75) is 0 Å². The minimum atomic E-state index is -2.17. The van der Waals surface area contributed by atoms with Crippen LogP contribution in [0.3, 0.4) is 0 Å². The van der Waals surface area contributed by atoms with Gasteiger partial charge in [0, 0.05) is 0 Å². The van der Waals surface area contributed by atoms with Crippen molar-refractivity contribution in [2.24, 2.45) is 0 Å². The fourth-order valence-corrected chi connectivity index (χ4v) is 0. The Morgan fingerprint density at radius 1 is 0.400 bits per heavy atom. The predicted octanol–water partition coefficient (Wildman–Crippen LogP) is -11.2. The summed E-state index contributed by atoms with van der Waals surface area (Å²) in [6.45, 7) is 0. The summed E-state index contributed by atoms with van der Waals surface area (Å²) in [4.78, 5) is 0. The van der Waals surface area contributed by atoms with Gasteiger partial charge in [-0.05, 0) is 0 Å². The molecule has 15 heavy (non-hydrogen) atoms. The molecular formula is H25BO13Sr. The van der Waals surface area contributed by atoms with Crippen LogP contribution in [0.15, 0.2) is 0 Å². The van der Waals surface area contributed by atoms with Gasteiger partial charge in [0.2, 0.25) is 0 Å². The van der Waals surface area contributed by atoms with Gasteiger partial charge < -0.3 is 69.8 Å². The Labute approximate surface area is 122 Å². The van der Waals surface area contributed by atoms with E-state index in [1.165, 1.54) is 0 Å². The zero-order valence-electron chi connectivity index (χ0n) is 6.92. The van der Waals surface area contributed by atoms with E-state index in [1.54, 1.807) is 0 Å². The van der Waals surface area contributed by atoms with Gasteiger partial charge in [-0.15, -0.1) is 0 Å². The molecule has 0 aromatic rings. The summed E-state index contributed by atoms with van der Waals surface area (Å²) in [5, 5.41) is 21.5. The van der Waals surface area contributed by atoms with E-state index in [2.05, 4.69) is 0 Å². The Kier molecular flexibility index (Phi) is 2720. The van der Waals surface area contributed by atoms with Crippen LogP contribution < -0.4 is 0 Å². The molecule has 0 rings (SSSR count). The third-order valence-electron chi connectivity index (χ3n) is 0. The van der Waals surface area contributed by atoms with Crippen LogP contribution in [0.4, 0.5) is 0 Å². The average molecular weight is 332 g/mol. The third-order valence-corrected chi connectivity index (χ3v) is 0. The maximum atomic E-state index is 7.17. The van der Waals surface area contributed by atoms with Crippen molar-refractivity contribution in [1.29, 1.82) is 0 Å². The van der Waals surface area contributed by atoms with E-state index in [1.807, 2.05) is 0 Å². The molecule has 0 spiro atoms. The summed E-state index contributed by atoms with van der Waals surface area (Å²) in [5.74, 6) is 0. The Morgan fingerprint density at radius 2 is 0.400 bits per heavy atom. The first kappa shape index (κ1) is 223. The second kappa shape index (κ2) is 182. The van der Waals surface area contributed by atoms with Crippen molar-refractivity contribution >= 4 is 52.8 Å². The average Bonchev–Trinajstić information content (AvgIpc) is 0.811. The molecule has 0 aromatic heterocycles. The quantitative estimate of drug-likeness (QED) is 0.364. The zero-order chi connectivity index (χ0) is 3.58. The Hall–Kier alpha value is 1.03. The molecule has 0 fully saturated rings. The van der Waals surface area contributed by atoms with Crippen molar-refractivity contribution in [1.82, 2.24) is 0 Å². The number of hydrogen-bond acceptors (Lipinski definition) is 3. The molecule has 15 heteroatoms. The van der Waals surface area contributed by atoms with E-state index in [9.17, 15) is 0 Å². The molecule has 0 saturated carbocycles. The monoisotopic (exact) mass is 332 g/mol. The molecule has 0 aliphatic heterocycles. The van der Waals surface area contributed by atoms with Crippen molar-refractivity contribution in [2.75, 3.05) is 0 Å². The van der Waals surface area contributed by atoms with E-state index < -0.39 is 7.32 Å². The van der Waals surface area contributed by atoms with E-state index in [0.717, 1.165) is 0 Å². The van der Waals surface area contributed by atoms with Gasteiger partial charge in [-0.25, -0.2) is 0 Å². The maximum absolute atomic E-state index is 7.17. The predicted molar refractivity (Wildman–Crippen MR) is 57.1 cm³/mol. The Morgan fingerprint density at radius 3 is 0.400 bits per heavy atom. The molecule has 0 aromatic carbocycles. The van der Waals surface area contributed by atoms with Crippen molar-refractivity contribution in [3.63, 3.8) is 0 Å². The van der Waals surface area contributed by atoms with Gasteiger partial charge in [0.15, 0.2) is 0 Å². The fraction of sp³-hybridized carbons (Fsp3) is 0. The third kappa shape index (κ3) is 2420. The van der Waals surface area contributed by atoms with Crippen LogP contribution >= 0.6 is 0 Å². The van der Waals surface area contributed by atoms with Gasteiger partial charge in [-0.1, -0.05) is 0 Å². The van der Waals surface area contributed by atoms with Crippen LogP contribution in [0.25, 0.3) is 0 Å². The zero-order valence-corrected chi connectivity index (χ0v) is 6.92. The van der Waals surface area contributed by atoms with Gasteiger partial charge in [0.25, 0.3) is 0 Å². The fourth-order valence-electron chi connectivity index (χ4n) is 0.